The zero-order valence-corrected chi connectivity index (χ0v) is 15.0. The van der Waals surface area contributed by atoms with Crippen LogP contribution in [0, 0.1) is 15.9 Å². The first kappa shape index (κ1) is 16.4. The van der Waals surface area contributed by atoms with Gasteiger partial charge >= 0.3 is 5.69 Å². The molecule has 21 heavy (non-hydrogen) atoms. The highest BCUT2D eigenvalue weighted by Crippen LogP contribution is 2.37. The number of nitrogens with zero attached hydrogens (tertiary/aromatic N) is 1. The topological polar surface area (TPSA) is 52.4 Å². The standard InChI is InChI=1S/C13H7Br3FNO3/c14-6-7-1-2-8(15)3-12(7)21-13-5-10(17)9(16)4-11(13)18(19)20/h1-5H,6H2. The molecular formula is C13H7Br3FNO3. The lowest BCUT2D eigenvalue weighted by Crippen LogP contribution is -1.97. The summed E-state index contributed by atoms with van der Waals surface area (Å²) in [6.45, 7) is 0. The van der Waals surface area contributed by atoms with Crippen LogP contribution in [0.4, 0.5) is 10.1 Å². The molecule has 0 bridgehead atoms. The van der Waals surface area contributed by atoms with Gasteiger partial charge in [0.25, 0.3) is 0 Å². The first-order valence-corrected chi connectivity index (χ1v) is 8.28. The fourth-order valence-corrected chi connectivity index (χ4v) is 2.73. The Hall–Kier alpha value is -0.990. The largest absolute Gasteiger partial charge is 0.450 e. The van der Waals surface area contributed by atoms with Crippen LogP contribution in [0.15, 0.2) is 39.3 Å². The molecule has 2 aromatic carbocycles. The highest BCUT2D eigenvalue weighted by Gasteiger charge is 2.20. The van der Waals surface area contributed by atoms with E-state index >= 15 is 0 Å². The second-order valence-electron chi connectivity index (χ2n) is 3.98. The van der Waals surface area contributed by atoms with Gasteiger partial charge in [-0.2, -0.15) is 0 Å². The Morgan fingerprint density at radius 1 is 1.19 bits per heavy atom. The first-order valence-electron chi connectivity index (χ1n) is 5.58. The van der Waals surface area contributed by atoms with Gasteiger partial charge in [-0.25, -0.2) is 4.39 Å². The minimum atomic E-state index is -0.633. The second-order valence-corrected chi connectivity index (χ2v) is 6.31. The van der Waals surface area contributed by atoms with Crippen molar-refractivity contribution in [2.45, 2.75) is 5.33 Å². The zero-order chi connectivity index (χ0) is 15.6. The number of hydrogen-bond donors (Lipinski definition) is 0. The quantitative estimate of drug-likeness (QED) is 0.307. The predicted molar refractivity (Wildman–Crippen MR) is 87.6 cm³/mol. The molecule has 0 aliphatic carbocycles. The van der Waals surface area contributed by atoms with E-state index in [1.165, 1.54) is 0 Å². The summed E-state index contributed by atoms with van der Waals surface area (Å²) in [7, 11) is 0. The number of nitro groups is 1. The molecule has 0 atom stereocenters. The molecule has 2 rings (SSSR count). The van der Waals surface area contributed by atoms with Crippen molar-refractivity contribution in [3.8, 4) is 11.5 Å². The van der Waals surface area contributed by atoms with Crippen LogP contribution in [0.5, 0.6) is 11.5 Å². The van der Waals surface area contributed by atoms with E-state index in [-0.39, 0.29) is 15.9 Å². The van der Waals surface area contributed by atoms with Crippen molar-refractivity contribution < 1.29 is 14.1 Å². The van der Waals surface area contributed by atoms with Gasteiger partial charge < -0.3 is 4.74 Å². The molecule has 0 amide bonds. The Morgan fingerprint density at radius 3 is 2.52 bits per heavy atom. The molecule has 8 heteroatoms. The molecule has 2 aromatic rings. The Balaban J connectivity index is 2.51. The van der Waals surface area contributed by atoms with Crippen molar-refractivity contribution in [2.75, 3.05) is 0 Å². The van der Waals surface area contributed by atoms with Crippen molar-refractivity contribution in [1.29, 1.82) is 0 Å². The molecule has 0 N–H and O–H groups in total. The normalized spacial score (nSPS) is 10.5. The van der Waals surface area contributed by atoms with Gasteiger partial charge in [0, 0.05) is 27.5 Å². The number of nitro benzene ring substituents is 1. The highest BCUT2D eigenvalue weighted by molar-refractivity contribution is 9.10. The minimum Gasteiger partial charge on any atom is -0.450 e. The molecular weight excluding hydrogens is 477 g/mol. The number of rotatable bonds is 4. The van der Waals surface area contributed by atoms with Crippen molar-refractivity contribution in [3.05, 3.63) is 60.8 Å². The van der Waals surface area contributed by atoms with Gasteiger partial charge in [0.1, 0.15) is 11.6 Å². The molecule has 0 unspecified atom stereocenters. The maximum atomic E-state index is 13.6. The molecule has 0 saturated carbocycles. The van der Waals surface area contributed by atoms with Crippen LogP contribution in [0.25, 0.3) is 0 Å². The summed E-state index contributed by atoms with van der Waals surface area (Å²) < 4.78 is 19.9. The molecule has 0 aromatic heterocycles. The average molecular weight is 484 g/mol. The van der Waals surface area contributed by atoms with Gasteiger partial charge in [-0.1, -0.05) is 37.9 Å². The zero-order valence-electron chi connectivity index (χ0n) is 10.3. The van der Waals surface area contributed by atoms with Crippen LogP contribution >= 0.6 is 47.8 Å². The molecule has 0 radical (unpaired) electrons. The molecule has 0 aliphatic rings. The second kappa shape index (κ2) is 6.85. The Labute approximate surface area is 144 Å². The SMILES string of the molecule is O=[N+]([O-])c1cc(Br)c(F)cc1Oc1cc(Br)ccc1CBr. The lowest BCUT2D eigenvalue weighted by Gasteiger charge is -2.11. The molecule has 0 fully saturated rings. The molecule has 0 saturated heterocycles. The summed E-state index contributed by atoms with van der Waals surface area (Å²) in [6, 6.07) is 7.35. The van der Waals surface area contributed by atoms with Gasteiger partial charge in [-0.05, 0) is 28.1 Å². The van der Waals surface area contributed by atoms with E-state index in [9.17, 15) is 14.5 Å². The van der Waals surface area contributed by atoms with Crippen LogP contribution < -0.4 is 4.74 Å². The van der Waals surface area contributed by atoms with Crippen molar-refractivity contribution in [3.63, 3.8) is 0 Å². The van der Waals surface area contributed by atoms with Crippen LogP contribution in [-0.4, -0.2) is 4.92 Å². The molecule has 110 valence electrons. The third-order valence-corrected chi connectivity index (χ3v) is 4.30. The Kier molecular flexibility index (Phi) is 5.34. The fourth-order valence-electron chi connectivity index (χ4n) is 1.59. The van der Waals surface area contributed by atoms with Crippen LogP contribution in [0.2, 0.25) is 0 Å². The monoisotopic (exact) mass is 481 g/mol. The summed E-state index contributed by atoms with van der Waals surface area (Å²) in [4.78, 5) is 10.4. The van der Waals surface area contributed by atoms with E-state index in [2.05, 4.69) is 47.8 Å². The van der Waals surface area contributed by atoms with Crippen LogP contribution in [0.3, 0.4) is 0 Å². The van der Waals surface area contributed by atoms with Crippen molar-refractivity contribution in [2.24, 2.45) is 0 Å². The van der Waals surface area contributed by atoms with Gasteiger partial charge in [0.15, 0.2) is 0 Å². The number of benzene rings is 2. The van der Waals surface area contributed by atoms with E-state index in [1.807, 2.05) is 6.07 Å². The predicted octanol–water partition coefficient (Wildman–Crippen LogP) is 5.95. The number of hydrogen-bond acceptors (Lipinski definition) is 3. The summed E-state index contributed by atoms with van der Waals surface area (Å²) in [5.74, 6) is -0.377. The maximum Gasteiger partial charge on any atom is 0.312 e. The van der Waals surface area contributed by atoms with Crippen molar-refractivity contribution in [1.82, 2.24) is 0 Å². The minimum absolute atomic E-state index is 0.0107. The summed E-state index contributed by atoms with van der Waals surface area (Å²) in [5, 5.41) is 11.6. The summed E-state index contributed by atoms with van der Waals surface area (Å²) >= 11 is 9.53. The smallest absolute Gasteiger partial charge is 0.312 e. The van der Waals surface area contributed by atoms with E-state index in [4.69, 9.17) is 4.74 Å². The summed E-state index contributed by atoms with van der Waals surface area (Å²) in [5.41, 5.74) is 0.472. The van der Waals surface area contributed by atoms with E-state index in [0.29, 0.717) is 11.1 Å². The van der Waals surface area contributed by atoms with E-state index in [0.717, 1.165) is 22.2 Å². The summed E-state index contributed by atoms with van der Waals surface area (Å²) in [6.07, 6.45) is 0. The van der Waals surface area contributed by atoms with Gasteiger partial charge in [-0.15, -0.1) is 0 Å². The third kappa shape index (κ3) is 3.81. The first-order chi connectivity index (χ1) is 9.92. The lowest BCUT2D eigenvalue weighted by molar-refractivity contribution is -0.385. The van der Waals surface area contributed by atoms with E-state index in [1.54, 1.807) is 12.1 Å². The van der Waals surface area contributed by atoms with Gasteiger partial charge in [0.05, 0.1) is 9.40 Å². The molecule has 0 aliphatic heterocycles. The number of ether oxygens (including phenoxy) is 1. The fraction of sp³-hybridized carbons (Fsp3) is 0.0769. The van der Waals surface area contributed by atoms with Crippen LogP contribution in [-0.2, 0) is 5.33 Å². The number of alkyl halides is 1. The third-order valence-electron chi connectivity index (χ3n) is 2.59. The number of halogens is 4. The maximum absolute atomic E-state index is 13.6. The van der Waals surface area contributed by atoms with Crippen LogP contribution in [0.1, 0.15) is 5.56 Å². The average Bonchev–Trinajstić information content (AvgIpc) is 2.42. The van der Waals surface area contributed by atoms with E-state index < -0.39 is 10.7 Å². The highest BCUT2D eigenvalue weighted by atomic mass is 79.9. The molecule has 0 spiro atoms. The van der Waals surface area contributed by atoms with Crippen molar-refractivity contribution >= 4 is 53.5 Å². The molecule has 4 nitrogen and oxygen atoms in total. The Bertz CT molecular complexity index is 709. The Morgan fingerprint density at radius 2 is 1.90 bits per heavy atom. The van der Waals surface area contributed by atoms with Gasteiger partial charge in [-0.3, -0.25) is 10.1 Å². The molecule has 0 heterocycles. The van der Waals surface area contributed by atoms with Gasteiger partial charge in [0.2, 0.25) is 5.75 Å². The lowest BCUT2D eigenvalue weighted by atomic mass is 10.2.